The minimum absolute atomic E-state index is 0.239. The molecule has 1 nitrogen and oxygen atoms in total. The maximum atomic E-state index is 5.93. The zero-order chi connectivity index (χ0) is 13.2. The van der Waals surface area contributed by atoms with Crippen molar-refractivity contribution in [2.45, 2.75) is 57.9 Å². The van der Waals surface area contributed by atoms with E-state index in [1.54, 1.807) is 5.57 Å². The Morgan fingerprint density at radius 2 is 1.61 bits per heavy atom. The van der Waals surface area contributed by atoms with Crippen molar-refractivity contribution in [3.8, 4) is 0 Å². The minimum Gasteiger partial charge on any atom is -0.328 e. The van der Waals surface area contributed by atoms with Crippen LogP contribution in [0.25, 0.3) is 6.08 Å². The SMILES string of the molecule is CC(C)(C)c1ccc(C=C2CCC(N)CC2)cc1. The van der Waals surface area contributed by atoms with Gasteiger partial charge in [-0.25, -0.2) is 0 Å². The molecule has 1 aliphatic carbocycles. The summed E-state index contributed by atoms with van der Waals surface area (Å²) in [6.07, 6.45) is 6.97. The Bertz CT molecular complexity index is 410. The van der Waals surface area contributed by atoms with Crippen molar-refractivity contribution in [1.82, 2.24) is 0 Å². The van der Waals surface area contributed by atoms with Gasteiger partial charge < -0.3 is 5.73 Å². The Kier molecular flexibility index (Phi) is 3.91. The standard InChI is InChI=1S/C17H25N/c1-17(2,3)15-8-4-13(5-9-15)12-14-6-10-16(18)11-7-14/h4-5,8-9,12,16H,6-7,10-11,18H2,1-3H3. The quantitative estimate of drug-likeness (QED) is 0.783. The third-order valence-corrected chi connectivity index (χ3v) is 3.82. The molecule has 1 aromatic carbocycles. The molecule has 1 saturated carbocycles. The average Bonchev–Trinajstić information content (AvgIpc) is 2.32. The largest absolute Gasteiger partial charge is 0.328 e. The summed E-state index contributed by atoms with van der Waals surface area (Å²) in [5, 5.41) is 0. The third-order valence-electron chi connectivity index (χ3n) is 3.82. The molecule has 0 aromatic heterocycles. The summed E-state index contributed by atoms with van der Waals surface area (Å²) in [6, 6.07) is 9.40. The Morgan fingerprint density at radius 3 is 2.11 bits per heavy atom. The molecule has 1 fully saturated rings. The van der Waals surface area contributed by atoms with Gasteiger partial charge in [-0.1, -0.05) is 56.7 Å². The molecular formula is C17H25N. The normalized spacial score (nSPS) is 20.9. The van der Waals surface area contributed by atoms with Crippen LogP contribution in [0.3, 0.4) is 0 Å². The second kappa shape index (κ2) is 5.27. The summed E-state index contributed by atoms with van der Waals surface area (Å²) in [7, 11) is 0. The van der Waals surface area contributed by atoms with Crippen LogP contribution < -0.4 is 5.73 Å². The molecule has 98 valence electrons. The topological polar surface area (TPSA) is 26.0 Å². The molecule has 0 atom stereocenters. The second-order valence-corrected chi connectivity index (χ2v) is 6.51. The monoisotopic (exact) mass is 243 g/mol. The van der Waals surface area contributed by atoms with Gasteiger partial charge in [0, 0.05) is 6.04 Å². The van der Waals surface area contributed by atoms with Gasteiger partial charge in [-0.3, -0.25) is 0 Å². The van der Waals surface area contributed by atoms with Crippen molar-refractivity contribution in [3.05, 3.63) is 41.0 Å². The van der Waals surface area contributed by atoms with Crippen molar-refractivity contribution in [3.63, 3.8) is 0 Å². The second-order valence-electron chi connectivity index (χ2n) is 6.51. The summed E-state index contributed by atoms with van der Waals surface area (Å²) in [5.74, 6) is 0. The van der Waals surface area contributed by atoms with Crippen LogP contribution in [0.15, 0.2) is 29.8 Å². The Labute approximate surface area is 111 Å². The minimum atomic E-state index is 0.239. The summed E-state index contributed by atoms with van der Waals surface area (Å²) in [6.45, 7) is 6.76. The number of benzene rings is 1. The van der Waals surface area contributed by atoms with Gasteiger partial charge in [0.15, 0.2) is 0 Å². The van der Waals surface area contributed by atoms with Gasteiger partial charge >= 0.3 is 0 Å². The van der Waals surface area contributed by atoms with Gasteiger partial charge in [-0.15, -0.1) is 0 Å². The summed E-state index contributed by atoms with van der Waals surface area (Å²) in [4.78, 5) is 0. The molecule has 0 spiro atoms. The van der Waals surface area contributed by atoms with Crippen molar-refractivity contribution < 1.29 is 0 Å². The maximum Gasteiger partial charge on any atom is 0.00449 e. The molecule has 18 heavy (non-hydrogen) atoms. The number of nitrogens with two attached hydrogens (primary N) is 1. The van der Waals surface area contributed by atoms with E-state index in [2.05, 4.69) is 51.1 Å². The first-order valence-corrected chi connectivity index (χ1v) is 7.01. The zero-order valence-corrected chi connectivity index (χ0v) is 11.9. The van der Waals surface area contributed by atoms with Crippen molar-refractivity contribution >= 4 is 6.08 Å². The average molecular weight is 243 g/mol. The summed E-state index contributed by atoms with van der Waals surface area (Å²) >= 11 is 0. The van der Waals surface area contributed by atoms with E-state index in [0.29, 0.717) is 6.04 Å². The van der Waals surface area contributed by atoms with Crippen LogP contribution in [-0.2, 0) is 5.41 Å². The van der Waals surface area contributed by atoms with Crippen LogP contribution in [0, 0.1) is 0 Å². The first-order valence-electron chi connectivity index (χ1n) is 7.01. The number of allylic oxidation sites excluding steroid dienone is 1. The first kappa shape index (κ1) is 13.4. The fourth-order valence-electron chi connectivity index (χ4n) is 2.47. The predicted molar refractivity (Wildman–Crippen MR) is 79.6 cm³/mol. The van der Waals surface area contributed by atoms with Crippen molar-refractivity contribution in [2.75, 3.05) is 0 Å². The number of rotatable bonds is 1. The maximum absolute atomic E-state index is 5.93. The van der Waals surface area contributed by atoms with Crippen LogP contribution in [0.5, 0.6) is 0 Å². The van der Waals surface area contributed by atoms with Gasteiger partial charge in [-0.2, -0.15) is 0 Å². The Balaban J connectivity index is 2.09. The first-order chi connectivity index (χ1) is 8.45. The predicted octanol–water partition coefficient (Wildman–Crippen LogP) is 4.27. The van der Waals surface area contributed by atoms with Crippen molar-refractivity contribution in [2.24, 2.45) is 5.73 Å². The van der Waals surface area contributed by atoms with E-state index in [4.69, 9.17) is 5.73 Å². The molecule has 1 aliphatic rings. The lowest BCUT2D eigenvalue weighted by Crippen LogP contribution is -2.23. The third kappa shape index (κ3) is 3.46. The van der Waals surface area contributed by atoms with E-state index < -0.39 is 0 Å². The van der Waals surface area contributed by atoms with Gasteiger partial charge in [0.25, 0.3) is 0 Å². The molecule has 0 radical (unpaired) electrons. The van der Waals surface area contributed by atoms with E-state index in [1.165, 1.54) is 24.0 Å². The molecule has 2 rings (SSSR count). The van der Waals surface area contributed by atoms with Gasteiger partial charge in [0.05, 0.1) is 0 Å². The van der Waals surface area contributed by atoms with E-state index >= 15 is 0 Å². The summed E-state index contributed by atoms with van der Waals surface area (Å²) in [5.41, 5.74) is 10.5. The molecule has 0 heterocycles. The fraction of sp³-hybridized carbons (Fsp3) is 0.529. The Hall–Kier alpha value is -1.08. The van der Waals surface area contributed by atoms with Crippen LogP contribution in [-0.4, -0.2) is 6.04 Å². The van der Waals surface area contributed by atoms with E-state index in [1.807, 2.05) is 0 Å². The van der Waals surface area contributed by atoms with Gasteiger partial charge in [0.1, 0.15) is 0 Å². The smallest absolute Gasteiger partial charge is 0.00449 e. The lowest BCUT2D eigenvalue weighted by Gasteiger charge is -2.21. The highest BCUT2D eigenvalue weighted by atomic mass is 14.6. The molecule has 0 saturated heterocycles. The van der Waals surface area contributed by atoms with Crippen molar-refractivity contribution in [1.29, 1.82) is 0 Å². The van der Waals surface area contributed by atoms with Crippen LogP contribution in [0.1, 0.15) is 57.6 Å². The molecule has 0 bridgehead atoms. The van der Waals surface area contributed by atoms with Crippen LogP contribution in [0.4, 0.5) is 0 Å². The lowest BCUT2D eigenvalue weighted by molar-refractivity contribution is 0.514. The Morgan fingerprint density at radius 1 is 1.06 bits per heavy atom. The molecule has 0 amide bonds. The molecule has 1 heteroatoms. The van der Waals surface area contributed by atoms with E-state index in [0.717, 1.165) is 12.8 Å². The highest BCUT2D eigenvalue weighted by molar-refractivity contribution is 5.54. The van der Waals surface area contributed by atoms with Gasteiger partial charge in [-0.05, 0) is 42.2 Å². The van der Waals surface area contributed by atoms with Crippen LogP contribution in [0.2, 0.25) is 0 Å². The van der Waals surface area contributed by atoms with E-state index in [-0.39, 0.29) is 5.41 Å². The summed E-state index contributed by atoms with van der Waals surface area (Å²) < 4.78 is 0. The lowest BCUT2D eigenvalue weighted by atomic mass is 9.86. The zero-order valence-electron chi connectivity index (χ0n) is 11.9. The highest BCUT2D eigenvalue weighted by Gasteiger charge is 2.14. The van der Waals surface area contributed by atoms with E-state index in [9.17, 15) is 0 Å². The van der Waals surface area contributed by atoms with Gasteiger partial charge in [0.2, 0.25) is 0 Å². The molecule has 1 aromatic rings. The number of hydrogen-bond acceptors (Lipinski definition) is 1. The number of hydrogen-bond donors (Lipinski definition) is 1. The molecule has 0 aliphatic heterocycles. The highest BCUT2D eigenvalue weighted by Crippen LogP contribution is 2.26. The molecule has 2 N–H and O–H groups in total. The fourth-order valence-corrected chi connectivity index (χ4v) is 2.47. The molecule has 0 unspecified atom stereocenters. The van der Waals surface area contributed by atoms with Crippen LogP contribution >= 0.6 is 0 Å². The molecular weight excluding hydrogens is 218 g/mol.